The molecule has 2 nitrogen and oxygen atoms in total. The van der Waals surface area contributed by atoms with Gasteiger partial charge in [-0.1, -0.05) is 25.1 Å². The van der Waals surface area contributed by atoms with Gasteiger partial charge in [0, 0.05) is 18.2 Å². The lowest BCUT2D eigenvalue weighted by Gasteiger charge is -2.11. The van der Waals surface area contributed by atoms with Crippen LogP contribution in [-0.4, -0.2) is 11.1 Å². The summed E-state index contributed by atoms with van der Waals surface area (Å²) in [6.45, 7) is 5.02. The van der Waals surface area contributed by atoms with Gasteiger partial charge in [-0.3, -0.25) is 0 Å². The Morgan fingerprint density at radius 3 is 2.69 bits per heavy atom. The first-order chi connectivity index (χ1) is 6.24. The minimum Gasteiger partial charge on any atom is -0.508 e. The van der Waals surface area contributed by atoms with Gasteiger partial charge in [-0.25, -0.2) is 0 Å². The van der Waals surface area contributed by atoms with E-state index in [0.717, 1.165) is 18.5 Å². The van der Waals surface area contributed by atoms with Crippen molar-refractivity contribution in [2.45, 2.75) is 32.9 Å². The molecule has 0 unspecified atom stereocenters. The van der Waals surface area contributed by atoms with E-state index < -0.39 is 0 Å². The molecule has 1 aromatic rings. The zero-order valence-corrected chi connectivity index (χ0v) is 8.25. The standard InChI is InChI=1S/C11H17NO/c1-3-9(2)12-8-10-6-4-5-7-11(10)13/h4-7,9,12-13H,3,8H2,1-2H3/t9-/m0/s1. The van der Waals surface area contributed by atoms with Gasteiger partial charge in [-0.2, -0.15) is 0 Å². The van der Waals surface area contributed by atoms with E-state index in [1.807, 2.05) is 18.2 Å². The Morgan fingerprint density at radius 1 is 1.38 bits per heavy atom. The molecule has 2 N–H and O–H groups in total. The summed E-state index contributed by atoms with van der Waals surface area (Å²) in [5, 5.41) is 12.8. The maximum Gasteiger partial charge on any atom is 0.120 e. The van der Waals surface area contributed by atoms with Crippen molar-refractivity contribution >= 4 is 0 Å². The summed E-state index contributed by atoms with van der Waals surface area (Å²) in [5.74, 6) is 0.373. The number of aromatic hydroxyl groups is 1. The first-order valence-corrected chi connectivity index (χ1v) is 4.74. The largest absolute Gasteiger partial charge is 0.508 e. The van der Waals surface area contributed by atoms with E-state index in [1.54, 1.807) is 6.07 Å². The van der Waals surface area contributed by atoms with Crippen LogP contribution in [0, 0.1) is 0 Å². The van der Waals surface area contributed by atoms with Crippen LogP contribution in [0.15, 0.2) is 24.3 Å². The number of hydrogen-bond donors (Lipinski definition) is 2. The molecular formula is C11H17NO. The van der Waals surface area contributed by atoms with Gasteiger partial charge in [0.1, 0.15) is 5.75 Å². The molecule has 1 rings (SSSR count). The van der Waals surface area contributed by atoms with Crippen molar-refractivity contribution in [2.24, 2.45) is 0 Å². The third-order valence-corrected chi connectivity index (χ3v) is 2.24. The molecule has 1 atom stereocenters. The van der Waals surface area contributed by atoms with Crippen molar-refractivity contribution in [1.82, 2.24) is 5.32 Å². The normalized spacial score (nSPS) is 12.8. The molecule has 0 spiro atoms. The number of phenolic OH excluding ortho intramolecular Hbond substituents is 1. The second-order valence-electron chi connectivity index (χ2n) is 3.32. The SMILES string of the molecule is CC[C@H](C)NCc1ccccc1O. The summed E-state index contributed by atoms with van der Waals surface area (Å²) < 4.78 is 0. The molecule has 0 amide bonds. The minimum absolute atomic E-state index is 0.373. The third kappa shape index (κ3) is 3.07. The predicted octanol–water partition coefficient (Wildman–Crippen LogP) is 2.28. The van der Waals surface area contributed by atoms with Crippen LogP contribution in [0.1, 0.15) is 25.8 Å². The van der Waals surface area contributed by atoms with E-state index >= 15 is 0 Å². The van der Waals surface area contributed by atoms with Crippen molar-refractivity contribution in [3.05, 3.63) is 29.8 Å². The number of phenols is 1. The molecule has 0 aliphatic heterocycles. The molecule has 0 aliphatic rings. The lowest BCUT2D eigenvalue weighted by molar-refractivity contribution is 0.457. The molecule has 0 aromatic heterocycles. The average Bonchev–Trinajstić information content (AvgIpc) is 2.16. The van der Waals surface area contributed by atoms with E-state index in [-0.39, 0.29) is 0 Å². The maximum atomic E-state index is 9.46. The van der Waals surface area contributed by atoms with Gasteiger partial charge in [-0.15, -0.1) is 0 Å². The quantitative estimate of drug-likeness (QED) is 0.743. The van der Waals surface area contributed by atoms with Crippen LogP contribution < -0.4 is 5.32 Å². The first-order valence-electron chi connectivity index (χ1n) is 4.74. The fourth-order valence-electron chi connectivity index (χ4n) is 1.09. The van der Waals surface area contributed by atoms with Gasteiger partial charge in [0.15, 0.2) is 0 Å². The highest BCUT2D eigenvalue weighted by molar-refractivity contribution is 5.31. The number of hydrogen-bond acceptors (Lipinski definition) is 2. The highest BCUT2D eigenvalue weighted by Crippen LogP contribution is 2.15. The third-order valence-electron chi connectivity index (χ3n) is 2.24. The number of nitrogens with one attached hydrogen (secondary N) is 1. The molecule has 0 saturated heterocycles. The Bertz CT molecular complexity index is 260. The van der Waals surface area contributed by atoms with Crippen LogP contribution in [0.2, 0.25) is 0 Å². The molecule has 2 heteroatoms. The molecule has 0 heterocycles. The second-order valence-corrected chi connectivity index (χ2v) is 3.32. The zero-order chi connectivity index (χ0) is 9.68. The number of benzene rings is 1. The lowest BCUT2D eigenvalue weighted by atomic mass is 10.2. The van der Waals surface area contributed by atoms with Crippen LogP contribution >= 0.6 is 0 Å². The highest BCUT2D eigenvalue weighted by atomic mass is 16.3. The van der Waals surface area contributed by atoms with Crippen molar-refractivity contribution < 1.29 is 5.11 Å². The van der Waals surface area contributed by atoms with Crippen LogP contribution in [0.3, 0.4) is 0 Å². The van der Waals surface area contributed by atoms with Crippen molar-refractivity contribution in [3.8, 4) is 5.75 Å². The Labute approximate surface area is 79.6 Å². The minimum atomic E-state index is 0.373. The summed E-state index contributed by atoms with van der Waals surface area (Å²) in [6, 6.07) is 7.92. The number of para-hydroxylation sites is 1. The predicted molar refractivity (Wildman–Crippen MR) is 54.7 cm³/mol. The molecule has 13 heavy (non-hydrogen) atoms. The van der Waals surface area contributed by atoms with Gasteiger partial charge < -0.3 is 10.4 Å². The van der Waals surface area contributed by atoms with Crippen molar-refractivity contribution in [3.63, 3.8) is 0 Å². The molecular weight excluding hydrogens is 162 g/mol. The first kappa shape index (κ1) is 10.1. The maximum absolute atomic E-state index is 9.46. The lowest BCUT2D eigenvalue weighted by Crippen LogP contribution is -2.24. The fraction of sp³-hybridized carbons (Fsp3) is 0.455. The van der Waals surface area contributed by atoms with Gasteiger partial charge >= 0.3 is 0 Å². The Morgan fingerprint density at radius 2 is 2.08 bits per heavy atom. The molecule has 72 valence electrons. The van der Waals surface area contributed by atoms with Gasteiger partial charge in [0.05, 0.1) is 0 Å². The van der Waals surface area contributed by atoms with Crippen molar-refractivity contribution in [1.29, 1.82) is 0 Å². The van der Waals surface area contributed by atoms with Gasteiger partial charge in [0.25, 0.3) is 0 Å². The van der Waals surface area contributed by atoms with Crippen LogP contribution in [0.4, 0.5) is 0 Å². The molecule has 0 aliphatic carbocycles. The average molecular weight is 179 g/mol. The summed E-state index contributed by atoms with van der Waals surface area (Å²) in [5.41, 5.74) is 0.961. The monoisotopic (exact) mass is 179 g/mol. The summed E-state index contributed by atoms with van der Waals surface area (Å²) in [4.78, 5) is 0. The van der Waals surface area contributed by atoms with Crippen LogP contribution in [-0.2, 0) is 6.54 Å². The fourth-order valence-corrected chi connectivity index (χ4v) is 1.09. The smallest absolute Gasteiger partial charge is 0.120 e. The summed E-state index contributed by atoms with van der Waals surface area (Å²) >= 11 is 0. The van der Waals surface area contributed by atoms with Crippen molar-refractivity contribution in [2.75, 3.05) is 0 Å². The number of rotatable bonds is 4. The summed E-state index contributed by atoms with van der Waals surface area (Å²) in [7, 11) is 0. The van der Waals surface area contributed by atoms with Gasteiger partial charge in [-0.05, 0) is 19.4 Å². The van der Waals surface area contributed by atoms with E-state index in [2.05, 4.69) is 19.2 Å². The molecule has 0 saturated carbocycles. The van der Waals surface area contributed by atoms with E-state index in [9.17, 15) is 5.11 Å². The Balaban J connectivity index is 2.50. The van der Waals surface area contributed by atoms with Crippen LogP contribution in [0.25, 0.3) is 0 Å². The molecule has 0 fully saturated rings. The Kier molecular flexibility index (Phi) is 3.77. The van der Waals surface area contributed by atoms with E-state index in [4.69, 9.17) is 0 Å². The molecule has 1 aromatic carbocycles. The topological polar surface area (TPSA) is 32.3 Å². The highest BCUT2D eigenvalue weighted by Gasteiger charge is 2.01. The second kappa shape index (κ2) is 4.87. The van der Waals surface area contributed by atoms with Gasteiger partial charge in [0.2, 0.25) is 0 Å². The zero-order valence-electron chi connectivity index (χ0n) is 8.25. The molecule has 0 bridgehead atoms. The Hall–Kier alpha value is -1.02. The molecule has 0 radical (unpaired) electrons. The van der Waals surface area contributed by atoms with Crippen LogP contribution in [0.5, 0.6) is 5.75 Å². The van der Waals surface area contributed by atoms with E-state index in [0.29, 0.717) is 11.8 Å². The van der Waals surface area contributed by atoms with E-state index in [1.165, 1.54) is 0 Å². The summed E-state index contributed by atoms with van der Waals surface area (Å²) in [6.07, 6.45) is 1.10.